The molecule has 0 saturated carbocycles. The minimum Gasteiger partial charge on any atom is -0.298 e. The third kappa shape index (κ3) is 2.50. The minimum atomic E-state index is -0.892. The first-order chi connectivity index (χ1) is 13.6. The van der Waals surface area contributed by atoms with Gasteiger partial charge in [0.1, 0.15) is 5.82 Å². The van der Waals surface area contributed by atoms with E-state index in [0.29, 0.717) is 11.5 Å². The molecule has 1 aromatic carbocycles. The predicted octanol–water partition coefficient (Wildman–Crippen LogP) is 2.04. The number of imidazole rings is 2. The molecule has 0 aliphatic carbocycles. The van der Waals surface area contributed by atoms with Crippen molar-refractivity contribution in [1.82, 2.24) is 23.1 Å². The Balaban J connectivity index is 2.19. The summed E-state index contributed by atoms with van der Waals surface area (Å²) >= 11 is 0. The summed E-state index contributed by atoms with van der Waals surface area (Å²) in [6.07, 6.45) is 0. The maximum Gasteiger partial charge on any atom is 0.333 e. The lowest BCUT2D eigenvalue weighted by Crippen LogP contribution is -2.42. The van der Waals surface area contributed by atoms with Crippen LogP contribution in [0.15, 0.2) is 33.9 Å². The molecule has 29 heavy (non-hydrogen) atoms. The van der Waals surface area contributed by atoms with Crippen molar-refractivity contribution >= 4 is 22.7 Å². The van der Waals surface area contributed by atoms with Crippen molar-refractivity contribution in [3.63, 3.8) is 0 Å². The van der Waals surface area contributed by atoms with Gasteiger partial charge in [-0.05, 0) is 52.0 Å². The van der Waals surface area contributed by atoms with E-state index in [2.05, 4.69) is 4.98 Å². The molecule has 1 unspecified atom stereocenters. The molecule has 0 bridgehead atoms. The van der Waals surface area contributed by atoms with E-state index in [1.54, 1.807) is 21.1 Å². The second-order valence-corrected chi connectivity index (χ2v) is 7.21. The number of aryl methyl sites for hydroxylation is 2. The number of fused-ring (bicyclic) bond motifs is 3. The lowest BCUT2D eigenvalue weighted by atomic mass is 10.2. The average Bonchev–Trinajstić information content (AvgIpc) is 3.17. The zero-order valence-corrected chi connectivity index (χ0v) is 16.7. The van der Waals surface area contributed by atoms with Crippen molar-refractivity contribution in [2.24, 2.45) is 7.05 Å². The van der Waals surface area contributed by atoms with Crippen molar-refractivity contribution in [2.75, 3.05) is 0 Å². The Bertz CT molecular complexity index is 1420. The molecule has 1 atom stereocenters. The Hall–Kier alpha value is -3.49. The van der Waals surface area contributed by atoms with Crippen molar-refractivity contribution < 1.29 is 9.18 Å². The Morgan fingerprint density at radius 3 is 2.31 bits per heavy atom. The summed E-state index contributed by atoms with van der Waals surface area (Å²) in [6, 6.07) is 5.05. The van der Waals surface area contributed by atoms with Gasteiger partial charge in [-0.2, -0.15) is 4.98 Å². The number of hydrogen-bond acceptors (Lipinski definition) is 4. The van der Waals surface area contributed by atoms with Crippen molar-refractivity contribution in [1.29, 1.82) is 0 Å². The lowest BCUT2D eigenvalue weighted by Gasteiger charge is -2.12. The molecule has 3 aromatic heterocycles. The normalized spacial score (nSPS) is 12.8. The maximum atomic E-state index is 13.4. The molecule has 150 valence electrons. The fourth-order valence-corrected chi connectivity index (χ4v) is 3.64. The van der Waals surface area contributed by atoms with Crippen LogP contribution in [0.4, 0.5) is 4.39 Å². The smallest absolute Gasteiger partial charge is 0.298 e. The molecule has 0 N–H and O–H groups in total. The van der Waals surface area contributed by atoms with Gasteiger partial charge in [0.05, 0.1) is 6.04 Å². The highest BCUT2D eigenvalue weighted by atomic mass is 19.1. The number of rotatable bonds is 3. The minimum absolute atomic E-state index is 0.219. The van der Waals surface area contributed by atoms with E-state index in [4.69, 9.17) is 0 Å². The standard InChI is InChI=1S/C20H20FN5O3/c1-10-11(2)25-16-17(22-19(25)24(10)15-8-6-14(21)7-9-15)23(5)20(29)26(18(16)28)12(3)13(4)27/h6-9,12H,1-5H3. The summed E-state index contributed by atoms with van der Waals surface area (Å²) in [5, 5.41) is 0. The molecule has 0 aliphatic heterocycles. The molecule has 0 aliphatic rings. The van der Waals surface area contributed by atoms with E-state index < -0.39 is 17.3 Å². The highest BCUT2D eigenvalue weighted by Crippen LogP contribution is 2.24. The SMILES string of the molecule is CC(=O)C(C)n1c(=O)c2c(nc3n(-c4ccc(F)cc4)c(C)c(C)n23)n(C)c1=O. The summed E-state index contributed by atoms with van der Waals surface area (Å²) in [4.78, 5) is 42.5. The molecule has 0 amide bonds. The van der Waals surface area contributed by atoms with Crippen molar-refractivity contribution in [2.45, 2.75) is 33.7 Å². The van der Waals surface area contributed by atoms with E-state index in [0.717, 1.165) is 16.0 Å². The van der Waals surface area contributed by atoms with Crippen LogP contribution in [0.2, 0.25) is 0 Å². The van der Waals surface area contributed by atoms with Gasteiger partial charge in [0.25, 0.3) is 5.56 Å². The second-order valence-electron chi connectivity index (χ2n) is 7.21. The van der Waals surface area contributed by atoms with Gasteiger partial charge in [0, 0.05) is 24.1 Å². The quantitative estimate of drug-likeness (QED) is 0.530. The third-order valence-corrected chi connectivity index (χ3v) is 5.53. The zero-order valence-electron chi connectivity index (χ0n) is 16.7. The van der Waals surface area contributed by atoms with Gasteiger partial charge >= 0.3 is 5.69 Å². The van der Waals surface area contributed by atoms with Gasteiger partial charge in [-0.1, -0.05) is 0 Å². The number of aromatic nitrogens is 5. The number of hydrogen-bond donors (Lipinski definition) is 0. The summed E-state index contributed by atoms with van der Waals surface area (Å²) in [5.74, 6) is -0.216. The predicted molar refractivity (Wildman–Crippen MR) is 106 cm³/mol. The first kappa shape index (κ1) is 18.9. The van der Waals surface area contributed by atoms with Crippen LogP contribution >= 0.6 is 0 Å². The van der Waals surface area contributed by atoms with E-state index >= 15 is 0 Å². The lowest BCUT2D eigenvalue weighted by molar-refractivity contribution is -0.119. The van der Waals surface area contributed by atoms with E-state index in [-0.39, 0.29) is 22.8 Å². The molecule has 0 radical (unpaired) electrons. The first-order valence-corrected chi connectivity index (χ1v) is 9.13. The summed E-state index contributed by atoms with van der Waals surface area (Å²) in [7, 11) is 1.52. The highest BCUT2D eigenvalue weighted by molar-refractivity contribution is 5.81. The topological polar surface area (TPSA) is 83.3 Å². The fraction of sp³-hybridized carbons (Fsp3) is 0.300. The number of carbonyl (C=O) groups is 1. The Morgan fingerprint density at radius 2 is 1.72 bits per heavy atom. The molecule has 9 heteroatoms. The Labute approximate surface area is 164 Å². The molecule has 4 rings (SSSR count). The first-order valence-electron chi connectivity index (χ1n) is 9.13. The van der Waals surface area contributed by atoms with E-state index in [1.165, 1.54) is 37.6 Å². The van der Waals surface area contributed by atoms with Crippen molar-refractivity contribution in [3.8, 4) is 5.69 Å². The third-order valence-electron chi connectivity index (χ3n) is 5.53. The molecule has 0 saturated heterocycles. The maximum absolute atomic E-state index is 13.4. The van der Waals surface area contributed by atoms with Crippen LogP contribution in [-0.4, -0.2) is 28.9 Å². The molecule has 4 aromatic rings. The molecule has 8 nitrogen and oxygen atoms in total. The highest BCUT2D eigenvalue weighted by Gasteiger charge is 2.25. The van der Waals surface area contributed by atoms with Gasteiger partial charge in [-0.15, -0.1) is 0 Å². The zero-order chi connectivity index (χ0) is 21.2. The van der Waals surface area contributed by atoms with Crippen LogP contribution < -0.4 is 11.2 Å². The monoisotopic (exact) mass is 397 g/mol. The molecule has 0 fully saturated rings. The number of ketones is 1. The van der Waals surface area contributed by atoms with Gasteiger partial charge in [-0.3, -0.25) is 23.1 Å². The van der Waals surface area contributed by atoms with Crippen LogP contribution in [0.5, 0.6) is 0 Å². The number of halogens is 1. The van der Waals surface area contributed by atoms with Crippen LogP contribution in [0.3, 0.4) is 0 Å². The largest absolute Gasteiger partial charge is 0.333 e. The van der Waals surface area contributed by atoms with Gasteiger partial charge in [0.2, 0.25) is 5.78 Å². The second kappa shape index (κ2) is 6.26. The summed E-state index contributed by atoms with van der Waals surface area (Å²) in [6.45, 7) is 6.58. The van der Waals surface area contributed by atoms with Crippen LogP contribution in [0.1, 0.15) is 31.3 Å². The summed E-state index contributed by atoms with van der Waals surface area (Å²) < 4.78 is 19.1. The average molecular weight is 397 g/mol. The fourth-order valence-electron chi connectivity index (χ4n) is 3.64. The Morgan fingerprint density at radius 1 is 1.10 bits per heavy atom. The van der Waals surface area contributed by atoms with Gasteiger partial charge in [-0.25, -0.2) is 13.8 Å². The van der Waals surface area contributed by atoms with E-state index in [9.17, 15) is 18.8 Å². The Kier molecular flexibility index (Phi) is 4.07. The van der Waals surface area contributed by atoms with Crippen LogP contribution in [-0.2, 0) is 11.8 Å². The van der Waals surface area contributed by atoms with Gasteiger partial charge in [0.15, 0.2) is 16.9 Å². The van der Waals surface area contributed by atoms with Crippen molar-refractivity contribution in [3.05, 3.63) is 62.3 Å². The molecular weight excluding hydrogens is 377 g/mol. The van der Waals surface area contributed by atoms with E-state index in [1.807, 2.05) is 13.8 Å². The number of nitrogens with zero attached hydrogens (tertiary/aromatic N) is 5. The molecule has 3 heterocycles. The number of carbonyl (C=O) groups excluding carboxylic acids is 1. The number of Topliss-reactive ketones (excluding diaryl/α,β-unsaturated/α-hetero) is 1. The van der Waals surface area contributed by atoms with Crippen LogP contribution in [0.25, 0.3) is 22.6 Å². The molecule has 0 spiro atoms. The van der Waals surface area contributed by atoms with Gasteiger partial charge < -0.3 is 0 Å². The number of benzene rings is 1. The molecular formula is C20H20FN5O3. The van der Waals surface area contributed by atoms with Crippen LogP contribution in [0, 0.1) is 19.7 Å². The summed E-state index contributed by atoms with van der Waals surface area (Å²) in [5.41, 5.74) is 1.52.